The molecule has 0 atom stereocenters. The summed E-state index contributed by atoms with van der Waals surface area (Å²) in [5, 5.41) is 9.00. The highest BCUT2D eigenvalue weighted by Crippen LogP contribution is 2.18. The molecule has 94 valence electrons. The maximum absolute atomic E-state index is 13.6. The largest absolute Gasteiger partial charge is 0.489 e. The molecule has 0 aromatic heterocycles. The van der Waals surface area contributed by atoms with Crippen molar-refractivity contribution in [2.45, 2.75) is 13.2 Å². The molecule has 0 fully saturated rings. The first kappa shape index (κ1) is 12.4. The summed E-state index contributed by atoms with van der Waals surface area (Å²) >= 11 is 0. The van der Waals surface area contributed by atoms with Gasteiger partial charge in [0, 0.05) is 5.56 Å². The molecule has 0 amide bonds. The van der Waals surface area contributed by atoms with Crippen LogP contribution in [0.3, 0.4) is 0 Å². The molecule has 2 aromatic rings. The maximum atomic E-state index is 13.6. The van der Waals surface area contributed by atoms with Crippen molar-refractivity contribution in [3.63, 3.8) is 0 Å². The highest BCUT2D eigenvalue weighted by molar-refractivity contribution is 5.42. The summed E-state index contributed by atoms with van der Waals surface area (Å²) in [6.45, 7) is 0.0512. The van der Waals surface area contributed by atoms with Crippen molar-refractivity contribution < 1.29 is 14.2 Å². The molecule has 0 heterocycles. The number of aliphatic hydroxyl groups is 1. The lowest BCUT2D eigenvalue weighted by molar-refractivity contribution is 0.277. The van der Waals surface area contributed by atoms with Crippen molar-refractivity contribution in [1.82, 2.24) is 0 Å². The van der Waals surface area contributed by atoms with Crippen molar-refractivity contribution in [3.05, 3.63) is 59.4 Å². The van der Waals surface area contributed by atoms with Gasteiger partial charge in [-0.25, -0.2) is 4.39 Å². The molecule has 0 radical (unpaired) electrons. The van der Waals surface area contributed by atoms with E-state index >= 15 is 0 Å². The smallest absolute Gasteiger partial charge is 0.152 e. The van der Waals surface area contributed by atoms with Crippen molar-refractivity contribution >= 4 is 5.69 Å². The molecular formula is C14H14FNO2. The van der Waals surface area contributed by atoms with Crippen LogP contribution in [0.15, 0.2) is 42.5 Å². The molecular weight excluding hydrogens is 233 g/mol. The third kappa shape index (κ3) is 2.78. The lowest BCUT2D eigenvalue weighted by Crippen LogP contribution is -2.01. The molecule has 0 spiro atoms. The lowest BCUT2D eigenvalue weighted by atomic mass is 10.2. The Morgan fingerprint density at radius 2 is 1.94 bits per heavy atom. The molecule has 0 saturated carbocycles. The first-order chi connectivity index (χ1) is 8.70. The predicted molar refractivity (Wildman–Crippen MR) is 67.5 cm³/mol. The number of ether oxygens (including phenoxy) is 1. The van der Waals surface area contributed by atoms with Gasteiger partial charge in [-0.15, -0.1) is 0 Å². The number of benzene rings is 2. The van der Waals surface area contributed by atoms with E-state index in [9.17, 15) is 4.39 Å². The van der Waals surface area contributed by atoms with Crippen LogP contribution in [0.2, 0.25) is 0 Å². The van der Waals surface area contributed by atoms with E-state index in [1.165, 1.54) is 6.07 Å². The molecule has 18 heavy (non-hydrogen) atoms. The number of hydrogen-bond acceptors (Lipinski definition) is 3. The first-order valence-corrected chi connectivity index (χ1v) is 5.56. The fourth-order valence-electron chi connectivity index (χ4n) is 1.61. The number of aliphatic hydroxyl groups excluding tert-OH is 1. The number of anilines is 1. The Morgan fingerprint density at radius 3 is 2.72 bits per heavy atom. The molecule has 2 aromatic carbocycles. The minimum Gasteiger partial charge on any atom is -0.489 e. The monoisotopic (exact) mass is 247 g/mol. The second-order valence-corrected chi connectivity index (χ2v) is 3.91. The molecule has 0 saturated heterocycles. The van der Waals surface area contributed by atoms with Crippen molar-refractivity contribution in [1.29, 1.82) is 0 Å². The summed E-state index contributed by atoms with van der Waals surface area (Å²) in [4.78, 5) is 0. The van der Waals surface area contributed by atoms with Gasteiger partial charge in [-0.05, 0) is 23.8 Å². The normalized spacial score (nSPS) is 10.3. The van der Waals surface area contributed by atoms with E-state index in [1.54, 1.807) is 36.4 Å². The van der Waals surface area contributed by atoms with E-state index in [1.807, 2.05) is 0 Å². The zero-order chi connectivity index (χ0) is 13.0. The van der Waals surface area contributed by atoms with E-state index in [-0.39, 0.29) is 18.9 Å². The SMILES string of the molecule is Nc1cccc(COc2cccc(CO)c2)c1F. The lowest BCUT2D eigenvalue weighted by Gasteiger charge is -2.09. The first-order valence-electron chi connectivity index (χ1n) is 5.56. The van der Waals surface area contributed by atoms with E-state index in [0.29, 0.717) is 11.3 Å². The molecule has 0 aliphatic carbocycles. The molecule has 3 nitrogen and oxygen atoms in total. The number of nitrogen functional groups attached to an aromatic ring is 1. The predicted octanol–water partition coefficient (Wildman–Crippen LogP) is 2.48. The molecule has 0 aliphatic heterocycles. The number of hydrogen-bond donors (Lipinski definition) is 2. The molecule has 0 aliphatic rings. The van der Waals surface area contributed by atoms with Gasteiger partial charge in [-0.3, -0.25) is 0 Å². The summed E-state index contributed by atoms with van der Waals surface area (Å²) in [6, 6.07) is 11.8. The average Bonchev–Trinajstić information content (AvgIpc) is 2.41. The maximum Gasteiger partial charge on any atom is 0.152 e. The standard InChI is InChI=1S/C14H14FNO2/c15-14-11(4-2-6-13(14)16)9-18-12-5-1-3-10(7-12)8-17/h1-7,17H,8-9,16H2. The fourth-order valence-corrected chi connectivity index (χ4v) is 1.61. The van der Waals surface area contributed by atoms with Gasteiger partial charge in [0.25, 0.3) is 0 Å². The second-order valence-electron chi connectivity index (χ2n) is 3.91. The average molecular weight is 247 g/mol. The van der Waals surface area contributed by atoms with Crippen molar-refractivity contribution in [2.75, 3.05) is 5.73 Å². The van der Waals surface area contributed by atoms with Gasteiger partial charge in [0.2, 0.25) is 0 Å². The Kier molecular flexibility index (Phi) is 3.79. The molecule has 3 N–H and O–H groups in total. The third-order valence-corrected chi connectivity index (χ3v) is 2.58. The minimum atomic E-state index is -0.448. The zero-order valence-corrected chi connectivity index (χ0v) is 9.77. The Labute approximate surface area is 105 Å². The highest BCUT2D eigenvalue weighted by Gasteiger charge is 2.06. The Morgan fingerprint density at radius 1 is 1.17 bits per heavy atom. The van der Waals surface area contributed by atoms with Crippen LogP contribution >= 0.6 is 0 Å². The molecule has 0 bridgehead atoms. The Bertz CT molecular complexity index is 543. The van der Waals surface area contributed by atoms with Crippen molar-refractivity contribution in [3.8, 4) is 5.75 Å². The third-order valence-electron chi connectivity index (χ3n) is 2.58. The van der Waals surface area contributed by atoms with E-state index in [2.05, 4.69) is 0 Å². The Balaban J connectivity index is 2.09. The van der Waals surface area contributed by atoms with Crippen LogP contribution in [0.4, 0.5) is 10.1 Å². The topological polar surface area (TPSA) is 55.5 Å². The molecule has 0 unspecified atom stereocenters. The van der Waals surface area contributed by atoms with Crippen LogP contribution in [0.1, 0.15) is 11.1 Å². The van der Waals surface area contributed by atoms with Gasteiger partial charge in [0.15, 0.2) is 5.82 Å². The van der Waals surface area contributed by atoms with Gasteiger partial charge >= 0.3 is 0 Å². The van der Waals surface area contributed by atoms with Crippen molar-refractivity contribution in [2.24, 2.45) is 0 Å². The summed E-state index contributed by atoms with van der Waals surface area (Å²) in [7, 11) is 0. The van der Waals surface area contributed by atoms with E-state index in [4.69, 9.17) is 15.6 Å². The summed E-state index contributed by atoms with van der Waals surface area (Å²) < 4.78 is 19.1. The molecule has 2 rings (SSSR count). The summed E-state index contributed by atoms with van der Waals surface area (Å²) in [6.07, 6.45) is 0. The highest BCUT2D eigenvalue weighted by atomic mass is 19.1. The number of rotatable bonds is 4. The van der Waals surface area contributed by atoms with E-state index in [0.717, 1.165) is 5.56 Å². The van der Waals surface area contributed by atoms with Crippen LogP contribution < -0.4 is 10.5 Å². The van der Waals surface area contributed by atoms with Crippen LogP contribution in [0.25, 0.3) is 0 Å². The second kappa shape index (κ2) is 5.51. The zero-order valence-electron chi connectivity index (χ0n) is 9.77. The number of nitrogens with two attached hydrogens (primary N) is 1. The van der Waals surface area contributed by atoms with Gasteiger partial charge in [-0.2, -0.15) is 0 Å². The fraction of sp³-hybridized carbons (Fsp3) is 0.143. The van der Waals surface area contributed by atoms with Crippen LogP contribution in [-0.4, -0.2) is 5.11 Å². The van der Waals surface area contributed by atoms with Gasteiger partial charge in [0.05, 0.1) is 12.3 Å². The van der Waals surface area contributed by atoms with Gasteiger partial charge in [-0.1, -0.05) is 24.3 Å². The van der Waals surface area contributed by atoms with Gasteiger partial charge in [0.1, 0.15) is 12.4 Å². The van der Waals surface area contributed by atoms with E-state index < -0.39 is 5.82 Å². The Hall–Kier alpha value is -2.07. The quantitative estimate of drug-likeness (QED) is 0.816. The minimum absolute atomic E-state index is 0.0517. The van der Waals surface area contributed by atoms with Crippen LogP contribution in [0, 0.1) is 5.82 Å². The van der Waals surface area contributed by atoms with Crippen LogP contribution in [-0.2, 0) is 13.2 Å². The van der Waals surface area contributed by atoms with Crippen LogP contribution in [0.5, 0.6) is 5.75 Å². The summed E-state index contributed by atoms with van der Waals surface area (Å²) in [5.74, 6) is 0.138. The number of halogens is 1. The van der Waals surface area contributed by atoms with Gasteiger partial charge < -0.3 is 15.6 Å². The summed E-state index contributed by atoms with van der Waals surface area (Å²) in [5.41, 5.74) is 6.74. The molecule has 4 heteroatoms.